The average molecular weight is 311 g/mol. The third-order valence-corrected chi connectivity index (χ3v) is 3.77. The molecule has 1 aromatic rings. The van der Waals surface area contributed by atoms with Gasteiger partial charge in [0.1, 0.15) is 0 Å². The maximum absolute atomic E-state index is 12.5. The van der Waals surface area contributed by atoms with Crippen molar-refractivity contribution in [3.63, 3.8) is 0 Å². The Bertz CT molecular complexity index is 587. The maximum Gasteiger partial charge on any atom is 0.501 e. The molecule has 0 unspecified atom stereocenters. The lowest BCUT2D eigenvalue weighted by atomic mass is 10.3. The minimum Gasteiger partial charge on any atom is -0.382 e. The summed E-state index contributed by atoms with van der Waals surface area (Å²) in [6.07, 6.45) is 0. The van der Waals surface area contributed by atoms with Crippen molar-refractivity contribution in [2.45, 2.75) is 10.4 Å². The van der Waals surface area contributed by atoms with Gasteiger partial charge in [0.15, 0.2) is 0 Å². The van der Waals surface area contributed by atoms with Crippen molar-refractivity contribution in [1.82, 2.24) is 5.32 Å². The van der Waals surface area contributed by atoms with Gasteiger partial charge < -0.3 is 16.4 Å². The summed E-state index contributed by atoms with van der Waals surface area (Å²) >= 11 is 0. The molecule has 0 aliphatic rings. The van der Waals surface area contributed by atoms with E-state index in [1.54, 1.807) is 0 Å². The molecule has 10 heteroatoms. The van der Waals surface area contributed by atoms with Gasteiger partial charge >= 0.3 is 11.5 Å². The molecule has 20 heavy (non-hydrogen) atoms. The lowest BCUT2D eigenvalue weighted by Crippen LogP contribution is -2.33. The van der Waals surface area contributed by atoms with Gasteiger partial charge in [0, 0.05) is 13.1 Å². The summed E-state index contributed by atoms with van der Waals surface area (Å²) in [6.45, 7) is 0.0586. The van der Waals surface area contributed by atoms with E-state index < -0.39 is 26.3 Å². The molecular formula is C10H12F3N3O3S. The molecule has 0 spiro atoms. The van der Waals surface area contributed by atoms with Gasteiger partial charge in [-0.25, -0.2) is 13.2 Å². The number of halogens is 3. The average Bonchev–Trinajstić information content (AvgIpc) is 2.33. The third kappa shape index (κ3) is 3.76. The Labute approximate surface area is 113 Å². The van der Waals surface area contributed by atoms with Crippen LogP contribution in [0, 0.1) is 0 Å². The Morgan fingerprint density at radius 3 is 2.35 bits per heavy atom. The first-order valence-corrected chi connectivity index (χ1v) is 6.82. The van der Waals surface area contributed by atoms with Gasteiger partial charge in [-0.15, -0.1) is 0 Å². The molecule has 1 rings (SSSR count). The van der Waals surface area contributed by atoms with Crippen LogP contribution in [0.1, 0.15) is 0 Å². The Kier molecular flexibility index (Phi) is 4.82. The van der Waals surface area contributed by atoms with E-state index in [2.05, 4.69) is 10.6 Å². The van der Waals surface area contributed by atoms with Crippen molar-refractivity contribution >= 4 is 21.6 Å². The number of carbonyl (C=O) groups is 1. The SMILES string of the molecule is NC(=O)NCCNc1ccccc1S(=O)(=O)C(F)(F)F. The van der Waals surface area contributed by atoms with Crippen molar-refractivity contribution in [2.24, 2.45) is 5.73 Å². The molecular weight excluding hydrogens is 299 g/mol. The second-order valence-electron chi connectivity index (χ2n) is 3.66. The second-order valence-corrected chi connectivity index (χ2v) is 5.57. The molecule has 0 heterocycles. The monoisotopic (exact) mass is 311 g/mol. The Hall–Kier alpha value is -1.97. The predicted molar refractivity (Wildman–Crippen MR) is 65.8 cm³/mol. The Balaban J connectivity index is 2.92. The predicted octanol–water partition coefficient (Wildman–Crippen LogP) is 1.06. The lowest BCUT2D eigenvalue weighted by molar-refractivity contribution is -0.0435. The van der Waals surface area contributed by atoms with E-state index in [1.807, 2.05) is 0 Å². The zero-order valence-electron chi connectivity index (χ0n) is 10.1. The number of anilines is 1. The van der Waals surface area contributed by atoms with Gasteiger partial charge in [-0.1, -0.05) is 12.1 Å². The van der Waals surface area contributed by atoms with Crippen LogP contribution in [0.15, 0.2) is 29.2 Å². The van der Waals surface area contributed by atoms with Crippen molar-refractivity contribution in [2.75, 3.05) is 18.4 Å². The Morgan fingerprint density at radius 1 is 1.20 bits per heavy atom. The highest BCUT2D eigenvalue weighted by molar-refractivity contribution is 7.92. The fourth-order valence-corrected chi connectivity index (χ4v) is 2.29. The van der Waals surface area contributed by atoms with Crippen molar-refractivity contribution in [3.8, 4) is 0 Å². The molecule has 0 fully saturated rings. The van der Waals surface area contributed by atoms with E-state index in [9.17, 15) is 26.4 Å². The second kappa shape index (κ2) is 5.99. The van der Waals surface area contributed by atoms with E-state index in [0.717, 1.165) is 6.07 Å². The molecule has 0 aromatic heterocycles. The summed E-state index contributed by atoms with van der Waals surface area (Å²) in [5.41, 5.74) is -0.771. The van der Waals surface area contributed by atoms with Crippen molar-refractivity contribution < 1.29 is 26.4 Å². The van der Waals surface area contributed by atoms with Crippen LogP contribution in [0.2, 0.25) is 0 Å². The number of para-hydroxylation sites is 1. The summed E-state index contributed by atoms with van der Waals surface area (Å²) in [5, 5.41) is 4.71. The molecule has 0 bridgehead atoms. The van der Waals surface area contributed by atoms with Crippen LogP contribution in [0.25, 0.3) is 0 Å². The number of urea groups is 1. The quantitative estimate of drug-likeness (QED) is 0.708. The highest BCUT2D eigenvalue weighted by atomic mass is 32.2. The van der Waals surface area contributed by atoms with Crippen molar-refractivity contribution in [3.05, 3.63) is 24.3 Å². The summed E-state index contributed by atoms with van der Waals surface area (Å²) in [5.74, 6) is 0. The number of benzene rings is 1. The Morgan fingerprint density at radius 2 is 1.80 bits per heavy atom. The molecule has 0 atom stereocenters. The normalized spacial score (nSPS) is 11.9. The van der Waals surface area contributed by atoms with Crippen LogP contribution < -0.4 is 16.4 Å². The number of rotatable bonds is 5. The van der Waals surface area contributed by atoms with Crippen LogP contribution in [0.3, 0.4) is 0 Å². The van der Waals surface area contributed by atoms with E-state index in [-0.39, 0.29) is 18.8 Å². The van der Waals surface area contributed by atoms with E-state index in [0.29, 0.717) is 0 Å². The molecule has 0 aliphatic heterocycles. The molecule has 0 saturated carbocycles. The molecule has 6 nitrogen and oxygen atoms in total. The van der Waals surface area contributed by atoms with Crippen LogP contribution in [0.4, 0.5) is 23.7 Å². The smallest absolute Gasteiger partial charge is 0.382 e. The van der Waals surface area contributed by atoms with Crippen LogP contribution in [0.5, 0.6) is 0 Å². The zero-order chi connectivity index (χ0) is 15.4. The molecule has 2 amide bonds. The van der Waals surface area contributed by atoms with Crippen LogP contribution in [-0.4, -0.2) is 33.0 Å². The summed E-state index contributed by atoms with van der Waals surface area (Å²) in [7, 11) is -5.44. The number of primary amides is 1. The highest BCUT2D eigenvalue weighted by Crippen LogP contribution is 2.33. The fourth-order valence-electron chi connectivity index (χ4n) is 1.35. The standard InChI is InChI=1S/C10H12F3N3O3S/c11-10(12,13)20(18,19)8-4-2-1-3-7(8)15-5-6-16-9(14)17/h1-4,15H,5-6H2,(H3,14,16,17). The van der Waals surface area contributed by atoms with Gasteiger partial charge in [-0.05, 0) is 12.1 Å². The lowest BCUT2D eigenvalue weighted by Gasteiger charge is -2.14. The molecule has 4 N–H and O–H groups in total. The number of amides is 2. The number of hydrogen-bond donors (Lipinski definition) is 3. The van der Waals surface area contributed by atoms with Crippen LogP contribution >= 0.6 is 0 Å². The number of nitrogens with two attached hydrogens (primary N) is 1. The van der Waals surface area contributed by atoms with Gasteiger partial charge in [0.2, 0.25) is 0 Å². The molecule has 1 aromatic carbocycles. The molecule has 0 aliphatic carbocycles. The van der Waals surface area contributed by atoms with Gasteiger partial charge in [-0.2, -0.15) is 13.2 Å². The van der Waals surface area contributed by atoms with E-state index in [4.69, 9.17) is 5.73 Å². The van der Waals surface area contributed by atoms with Crippen molar-refractivity contribution in [1.29, 1.82) is 0 Å². The zero-order valence-corrected chi connectivity index (χ0v) is 10.9. The number of hydrogen-bond acceptors (Lipinski definition) is 4. The molecule has 0 saturated heterocycles. The van der Waals surface area contributed by atoms with E-state index in [1.165, 1.54) is 18.2 Å². The number of carbonyl (C=O) groups excluding carboxylic acids is 1. The maximum atomic E-state index is 12.5. The minimum atomic E-state index is -5.44. The summed E-state index contributed by atoms with van der Waals surface area (Å²) in [4.78, 5) is 9.54. The number of sulfone groups is 1. The van der Waals surface area contributed by atoms with E-state index >= 15 is 0 Å². The highest BCUT2D eigenvalue weighted by Gasteiger charge is 2.47. The van der Waals surface area contributed by atoms with Crippen LogP contribution in [-0.2, 0) is 9.84 Å². The number of alkyl halides is 3. The first-order chi connectivity index (χ1) is 9.16. The topological polar surface area (TPSA) is 101 Å². The number of nitrogens with one attached hydrogen (secondary N) is 2. The molecule has 0 radical (unpaired) electrons. The van der Waals surface area contributed by atoms with Gasteiger partial charge in [0.05, 0.1) is 10.6 Å². The summed E-state index contributed by atoms with van der Waals surface area (Å²) in [6, 6.07) is 3.84. The summed E-state index contributed by atoms with van der Waals surface area (Å²) < 4.78 is 60.2. The van der Waals surface area contributed by atoms with Gasteiger partial charge in [-0.3, -0.25) is 0 Å². The van der Waals surface area contributed by atoms with Gasteiger partial charge in [0.25, 0.3) is 9.84 Å². The third-order valence-electron chi connectivity index (χ3n) is 2.22. The first-order valence-electron chi connectivity index (χ1n) is 5.34. The fraction of sp³-hybridized carbons (Fsp3) is 0.300. The minimum absolute atomic E-state index is 0.0212. The first kappa shape index (κ1) is 16.1. The molecule has 112 valence electrons. The largest absolute Gasteiger partial charge is 0.501 e.